The lowest BCUT2D eigenvalue weighted by Crippen LogP contribution is -2.30. The second kappa shape index (κ2) is 5.58. The highest BCUT2D eigenvalue weighted by Crippen LogP contribution is 2.28. The van der Waals surface area contributed by atoms with Crippen molar-refractivity contribution >= 4 is 17.3 Å². The van der Waals surface area contributed by atoms with Gasteiger partial charge < -0.3 is 4.90 Å². The van der Waals surface area contributed by atoms with E-state index in [1.54, 1.807) is 0 Å². The third-order valence-electron chi connectivity index (χ3n) is 3.26. The highest BCUT2D eigenvalue weighted by Gasteiger charge is 2.15. The number of fused-ring (bicyclic) bond motifs is 1. The number of aryl methyl sites for hydroxylation is 2. The Bertz CT molecular complexity index is 349. The van der Waals surface area contributed by atoms with Crippen LogP contribution in [0.2, 0.25) is 0 Å². The van der Waals surface area contributed by atoms with E-state index >= 15 is 0 Å². The zero-order valence-corrected chi connectivity index (χ0v) is 10.8. The molecule has 1 aromatic rings. The number of alkyl halides is 1. The molecule has 0 aliphatic carbocycles. The van der Waals surface area contributed by atoms with Gasteiger partial charge in [-0.05, 0) is 44.2 Å². The molecule has 0 saturated carbocycles. The van der Waals surface area contributed by atoms with Crippen LogP contribution >= 0.6 is 11.6 Å². The fraction of sp³-hybridized carbons (Fsp3) is 0.571. The van der Waals surface area contributed by atoms with Crippen molar-refractivity contribution in [1.82, 2.24) is 0 Å². The molecule has 0 N–H and O–H groups in total. The first kappa shape index (κ1) is 11.8. The minimum atomic E-state index is 0.786. The Morgan fingerprint density at radius 3 is 3.00 bits per heavy atom. The van der Waals surface area contributed by atoms with Crippen LogP contribution in [-0.2, 0) is 6.42 Å². The molecule has 0 saturated heterocycles. The van der Waals surface area contributed by atoms with Gasteiger partial charge >= 0.3 is 0 Å². The Morgan fingerprint density at radius 2 is 2.19 bits per heavy atom. The first-order chi connectivity index (χ1) is 7.81. The smallest absolute Gasteiger partial charge is 0.0398 e. The van der Waals surface area contributed by atoms with E-state index < -0.39 is 0 Å². The second-order valence-electron chi connectivity index (χ2n) is 4.62. The maximum absolute atomic E-state index is 5.72. The maximum atomic E-state index is 5.72. The third-order valence-corrected chi connectivity index (χ3v) is 3.53. The fourth-order valence-electron chi connectivity index (χ4n) is 2.43. The molecular formula is C14H20ClN. The average Bonchev–Trinajstić information content (AvgIpc) is 2.29. The molecule has 1 aromatic carbocycles. The largest absolute Gasteiger partial charge is 0.371 e. The molecule has 0 amide bonds. The summed E-state index contributed by atoms with van der Waals surface area (Å²) >= 11 is 5.72. The molecule has 0 unspecified atom stereocenters. The molecule has 1 aliphatic heterocycles. The van der Waals surface area contributed by atoms with E-state index in [1.165, 1.54) is 42.6 Å². The second-order valence-corrected chi connectivity index (χ2v) is 5.00. The topological polar surface area (TPSA) is 3.24 Å². The summed E-state index contributed by atoms with van der Waals surface area (Å²) < 4.78 is 0. The number of nitrogens with zero attached hydrogens (tertiary/aromatic N) is 1. The molecule has 2 rings (SSSR count). The van der Waals surface area contributed by atoms with Gasteiger partial charge in [0, 0.05) is 24.7 Å². The van der Waals surface area contributed by atoms with Crippen LogP contribution in [0.1, 0.15) is 30.4 Å². The molecule has 0 bridgehead atoms. The van der Waals surface area contributed by atoms with Crippen molar-refractivity contribution in [1.29, 1.82) is 0 Å². The quantitative estimate of drug-likeness (QED) is 0.569. The SMILES string of the molecule is Cc1ccc2c(c1)CCCN2CCCCCl. The maximum Gasteiger partial charge on any atom is 0.0398 e. The Kier molecular flexibility index (Phi) is 4.11. The highest BCUT2D eigenvalue weighted by atomic mass is 35.5. The van der Waals surface area contributed by atoms with Gasteiger partial charge in [0.25, 0.3) is 0 Å². The van der Waals surface area contributed by atoms with Gasteiger partial charge in [-0.1, -0.05) is 17.7 Å². The van der Waals surface area contributed by atoms with Crippen molar-refractivity contribution in [3.05, 3.63) is 29.3 Å². The van der Waals surface area contributed by atoms with E-state index in [1.807, 2.05) is 0 Å². The molecule has 0 aromatic heterocycles. The standard InChI is InChI=1S/C14H20ClN/c1-12-6-7-14-13(11-12)5-4-10-16(14)9-3-2-8-15/h6-7,11H,2-5,8-10H2,1H3. The molecule has 0 spiro atoms. The van der Waals surface area contributed by atoms with Gasteiger partial charge in [0.1, 0.15) is 0 Å². The van der Waals surface area contributed by atoms with Gasteiger partial charge in [0.15, 0.2) is 0 Å². The van der Waals surface area contributed by atoms with Crippen LogP contribution in [0.5, 0.6) is 0 Å². The van der Waals surface area contributed by atoms with Crippen molar-refractivity contribution in [2.45, 2.75) is 32.6 Å². The van der Waals surface area contributed by atoms with Crippen molar-refractivity contribution in [2.24, 2.45) is 0 Å². The predicted octanol–water partition coefficient (Wildman–Crippen LogP) is 3.77. The van der Waals surface area contributed by atoms with Crippen molar-refractivity contribution in [3.63, 3.8) is 0 Å². The zero-order valence-electron chi connectivity index (χ0n) is 10.0. The van der Waals surface area contributed by atoms with Gasteiger partial charge in [0.2, 0.25) is 0 Å². The molecule has 16 heavy (non-hydrogen) atoms. The van der Waals surface area contributed by atoms with Crippen LogP contribution < -0.4 is 4.90 Å². The number of halogens is 1. The molecule has 1 aliphatic rings. The Hall–Kier alpha value is -0.690. The summed E-state index contributed by atoms with van der Waals surface area (Å²) in [7, 11) is 0. The summed E-state index contributed by atoms with van der Waals surface area (Å²) in [4.78, 5) is 2.52. The molecule has 1 heterocycles. The Balaban J connectivity index is 2.07. The molecule has 2 heteroatoms. The minimum Gasteiger partial charge on any atom is -0.371 e. The van der Waals surface area contributed by atoms with Crippen molar-refractivity contribution in [3.8, 4) is 0 Å². The van der Waals surface area contributed by atoms with E-state index in [0.29, 0.717) is 0 Å². The van der Waals surface area contributed by atoms with E-state index in [-0.39, 0.29) is 0 Å². The van der Waals surface area contributed by atoms with Gasteiger partial charge in [0.05, 0.1) is 0 Å². The van der Waals surface area contributed by atoms with Crippen LogP contribution in [0.4, 0.5) is 5.69 Å². The lowest BCUT2D eigenvalue weighted by Gasteiger charge is -2.31. The van der Waals surface area contributed by atoms with Crippen molar-refractivity contribution in [2.75, 3.05) is 23.9 Å². The number of anilines is 1. The van der Waals surface area contributed by atoms with Crippen molar-refractivity contribution < 1.29 is 0 Å². The normalized spacial score (nSPS) is 15.0. The molecule has 0 fully saturated rings. The van der Waals surface area contributed by atoms with Crippen LogP contribution in [0.15, 0.2) is 18.2 Å². The summed E-state index contributed by atoms with van der Waals surface area (Å²) in [6.45, 7) is 4.54. The van der Waals surface area contributed by atoms with Gasteiger partial charge in [-0.25, -0.2) is 0 Å². The first-order valence-corrected chi connectivity index (χ1v) is 6.75. The average molecular weight is 238 g/mol. The fourth-order valence-corrected chi connectivity index (χ4v) is 2.62. The van der Waals surface area contributed by atoms with Crippen LogP contribution in [0, 0.1) is 6.92 Å². The molecule has 88 valence electrons. The molecule has 0 radical (unpaired) electrons. The number of hydrogen-bond donors (Lipinski definition) is 0. The lowest BCUT2D eigenvalue weighted by molar-refractivity contribution is 0.659. The number of benzene rings is 1. The summed E-state index contributed by atoms with van der Waals surface area (Å²) in [6.07, 6.45) is 4.86. The first-order valence-electron chi connectivity index (χ1n) is 6.21. The summed E-state index contributed by atoms with van der Waals surface area (Å²) in [5, 5.41) is 0. The molecule has 0 atom stereocenters. The monoisotopic (exact) mass is 237 g/mol. The predicted molar refractivity (Wildman–Crippen MR) is 71.7 cm³/mol. The third kappa shape index (κ3) is 2.70. The number of unbranched alkanes of at least 4 members (excludes halogenated alkanes) is 1. The van der Waals surface area contributed by atoms with Gasteiger partial charge in [-0.15, -0.1) is 11.6 Å². The number of hydrogen-bond acceptors (Lipinski definition) is 1. The Labute approximate surface area is 103 Å². The van der Waals surface area contributed by atoms with Crippen LogP contribution in [0.25, 0.3) is 0 Å². The lowest BCUT2D eigenvalue weighted by atomic mass is 9.99. The minimum absolute atomic E-state index is 0.786. The molecular weight excluding hydrogens is 218 g/mol. The van der Waals surface area contributed by atoms with E-state index in [4.69, 9.17) is 11.6 Å². The van der Waals surface area contributed by atoms with Gasteiger partial charge in [-0.2, -0.15) is 0 Å². The summed E-state index contributed by atoms with van der Waals surface area (Å²) in [5.41, 5.74) is 4.35. The van der Waals surface area contributed by atoms with E-state index in [2.05, 4.69) is 30.0 Å². The van der Waals surface area contributed by atoms with E-state index in [0.717, 1.165) is 18.8 Å². The molecule has 1 nitrogen and oxygen atoms in total. The number of rotatable bonds is 4. The Morgan fingerprint density at radius 1 is 1.31 bits per heavy atom. The summed E-state index contributed by atoms with van der Waals surface area (Å²) in [6, 6.07) is 6.84. The van der Waals surface area contributed by atoms with Gasteiger partial charge in [-0.3, -0.25) is 0 Å². The summed E-state index contributed by atoms with van der Waals surface area (Å²) in [5.74, 6) is 0.786. The van der Waals surface area contributed by atoms with E-state index in [9.17, 15) is 0 Å². The van der Waals surface area contributed by atoms with Crippen LogP contribution in [0.3, 0.4) is 0 Å². The zero-order chi connectivity index (χ0) is 11.4. The van der Waals surface area contributed by atoms with Crippen LogP contribution in [-0.4, -0.2) is 19.0 Å². The highest BCUT2D eigenvalue weighted by molar-refractivity contribution is 6.17.